The third-order valence-corrected chi connectivity index (χ3v) is 7.01. The van der Waals surface area contributed by atoms with Crippen molar-refractivity contribution in [3.05, 3.63) is 44.2 Å². The lowest BCUT2D eigenvalue weighted by Crippen LogP contribution is -1.89. The van der Waals surface area contributed by atoms with Gasteiger partial charge in [0.25, 0.3) is 0 Å². The van der Waals surface area contributed by atoms with Gasteiger partial charge >= 0.3 is 0 Å². The molecule has 1 nitrogen and oxygen atoms in total. The molecule has 112 valence electrons. The summed E-state index contributed by atoms with van der Waals surface area (Å²) in [6, 6.07) is 13.8. The van der Waals surface area contributed by atoms with Crippen molar-refractivity contribution >= 4 is 76.2 Å². The predicted octanol–water partition coefficient (Wildman–Crippen LogP) is 6.45. The van der Waals surface area contributed by atoms with Crippen molar-refractivity contribution in [1.29, 1.82) is 0 Å². The van der Waals surface area contributed by atoms with Crippen molar-refractivity contribution in [3.8, 4) is 0 Å². The van der Waals surface area contributed by atoms with E-state index in [4.69, 9.17) is 4.74 Å². The van der Waals surface area contributed by atoms with Crippen LogP contribution < -0.4 is 0 Å². The van der Waals surface area contributed by atoms with Crippen LogP contribution >= 0.6 is 45.3 Å². The standard InChI is InChI=1S/C18H15IOS2/c1-20-8-2-3-11-9-14-12-5-7-17-15(10-18(19)22-17)13(12)4-6-16(14)21-11/h4-7,9-10H,2-3,8H2,1H3. The highest BCUT2D eigenvalue weighted by Crippen LogP contribution is 2.38. The zero-order valence-corrected chi connectivity index (χ0v) is 16.0. The van der Waals surface area contributed by atoms with Crippen molar-refractivity contribution in [1.82, 2.24) is 0 Å². The number of hydrogen-bond donors (Lipinski definition) is 0. The van der Waals surface area contributed by atoms with Gasteiger partial charge in [0.05, 0.1) is 2.88 Å². The second-order valence-electron chi connectivity index (χ2n) is 5.41. The van der Waals surface area contributed by atoms with Crippen LogP contribution in [0.1, 0.15) is 11.3 Å². The lowest BCUT2D eigenvalue weighted by Gasteiger charge is -2.01. The van der Waals surface area contributed by atoms with E-state index >= 15 is 0 Å². The molecule has 4 rings (SSSR count). The van der Waals surface area contributed by atoms with Crippen molar-refractivity contribution < 1.29 is 4.74 Å². The Kier molecular flexibility index (Phi) is 4.11. The molecule has 4 aromatic rings. The summed E-state index contributed by atoms with van der Waals surface area (Å²) in [6.07, 6.45) is 2.20. The van der Waals surface area contributed by atoms with Crippen LogP contribution in [-0.2, 0) is 11.2 Å². The fraction of sp³-hybridized carbons (Fsp3) is 0.222. The highest BCUT2D eigenvalue weighted by atomic mass is 127. The van der Waals surface area contributed by atoms with Crippen molar-refractivity contribution in [2.75, 3.05) is 13.7 Å². The predicted molar refractivity (Wildman–Crippen MR) is 108 cm³/mol. The third-order valence-electron chi connectivity index (χ3n) is 3.99. The summed E-state index contributed by atoms with van der Waals surface area (Å²) in [6.45, 7) is 0.836. The van der Waals surface area contributed by atoms with Crippen molar-refractivity contribution in [2.24, 2.45) is 0 Å². The molecule has 0 saturated carbocycles. The van der Waals surface area contributed by atoms with Crippen LogP contribution in [0.3, 0.4) is 0 Å². The van der Waals surface area contributed by atoms with Crippen LogP contribution in [0.2, 0.25) is 0 Å². The topological polar surface area (TPSA) is 9.23 Å². The Morgan fingerprint density at radius 3 is 2.32 bits per heavy atom. The SMILES string of the molecule is COCCCc1cc2c(ccc3c4cc(I)sc4ccc23)s1. The summed E-state index contributed by atoms with van der Waals surface area (Å²) in [4.78, 5) is 1.46. The number of methoxy groups -OCH3 is 1. The number of thiophene rings is 2. The minimum Gasteiger partial charge on any atom is -0.385 e. The average Bonchev–Trinajstić information content (AvgIpc) is 3.09. The number of halogens is 1. The van der Waals surface area contributed by atoms with Gasteiger partial charge in [-0.05, 0) is 70.5 Å². The van der Waals surface area contributed by atoms with Gasteiger partial charge in [-0.3, -0.25) is 0 Å². The molecule has 0 saturated heterocycles. The number of rotatable bonds is 4. The summed E-state index contributed by atoms with van der Waals surface area (Å²) in [5, 5.41) is 5.55. The lowest BCUT2D eigenvalue weighted by molar-refractivity contribution is 0.195. The van der Waals surface area contributed by atoms with Crippen LogP contribution in [0.15, 0.2) is 36.4 Å². The number of aryl methyl sites for hydroxylation is 1. The van der Waals surface area contributed by atoms with Crippen LogP contribution in [0.5, 0.6) is 0 Å². The van der Waals surface area contributed by atoms with Crippen LogP contribution in [0, 0.1) is 2.88 Å². The average molecular weight is 438 g/mol. The summed E-state index contributed by atoms with van der Waals surface area (Å²) < 4.78 is 9.29. The number of hydrogen-bond acceptors (Lipinski definition) is 3. The molecule has 0 bridgehead atoms. The highest BCUT2D eigenvalue weighted by molar-refractivity contribution is 14.1. The van der Waals surface area contributed by atoms with Gasteiger partial charge in [-0.15, -0.1) is 22.7 Å². The molecule has 0 spiro atoms. The monoisotopic (exact) mass is 438 g/mol. The molecule has 0 atom stereocenters. The maximum atomic E-state index is 5.16. The molecule has 0 amide bonds. The number of benzene rings is 2. The van der Waals surface area contributed by atoms with Crippen LogP contribution in [-0.4, -0.2) is 13.7 Å². The summed E-state index contributed by atoms with van der Waals surface area (Å²) in [5.41, 5.74) is 0. The highest BCUT2D eigenvalue weighted by Gasteiger charge is 2.09. The van der Waals surface area contributed by atoms with E-state index in [-0.39, 0.29) is 0 Å². The van der Waals surface area contributed by atoms with E-state index in [1.807, 2.05) is 22.7 Å². The molecular weight excluding hydrogens is 423 g/mol. The molecule has 0 aliphatic heterocycles. The zero-order valence-electron chi connectivity index (χ0n) is 12.2. The van der Waals surface area contributed by atoms with Crippen LogP contribution in [0.25, 0.3) is 30.9 Å². The summed E-state index contributed by atoms with van der Waals surface area (Å²) in [7, 11) is 1.77. The van der Waals surface area contributed by atoms with E-state index in [9.17, 15) is 0 Å². The van der Waals surface area contributed by atoms with Gasteiger partial charge in [0.1, 0.15) is 0 Å². The van der Waals surface area contributed by atoms with Crippen LogP contribution in [0.4, 0.5) is 0 Å². The minimum atomic E-state index is 0.836. The van der Waals surface area contributed by atoms with E-state index in [2.05, 4.69) is 59.0 Å². The first-order valence-electron chi connectivity index (χ1n) is 7.28. The molecule has 0 aliphatic carbocycles. The smallest absolute Gasteiger partial charge is 0.0666 e. The van der Waals surface area contributed by atoms with Gasteiger partial charge in [0, 0.05) is 38.8 Å². The van der Waals surface area contributed by atoms with E-state index in [1.165, 1.54) is 38.7 Å². The van der Waals surface area contributed by atoms with E-state index in [0.717, 1.165) is 19.4 Å². The van der Waals surface area contributed by atoms with Gasteiger partial charge < -0.3 is 4.74 Å². The second kappa shape index (κ2) is 6.07. The van der Waals surface area contributed by atoms with Crippen molar-refractivity contribution in [2.45, 2.75) is 12.8 Å². The molecule has 2 aromatic heterocycles. The summed E-state index contributed by atoms with van der Waals surface area (Å²) >= 11 is 6.20. The molecule has 0 radical (unpaired) electrons. The Morgan fingerprint density at radius 2 is 1.59 bits per heavy atom. The number of fused-ring (bicyclic) bond motifs is 5. The first kappa shape index (κ1) is 14.9. The Balaban J connectivity index is 1.88. The molecule has 4 heteroatoms. The maximum Gasteiger partial charge on any atom is 0.0666 e. The van der Waals surface area contributed by atoms with E-state index in [0.29, 0.717) is 0 Å². The Bertz CT molecular complexity index is 967. The molecule has 0 fully saturated rings. The molecule has 2 aromatic carbocycles. The maximum absolute atomic E-state index is 5.16. The molecule has 0 aliphatic rings. The van der Waals surface area contributed by atoms with Gasteiger partial charge in [-0.2, -0.15) is 0 Å². The molecule has 0 N–H and O–H groups in total. The largest absolute Gasteiger partial charge is 0.385 e. The van der Waals surface area contributed by atoms with Gasteiger partial charge in [0.2, 0.25) is 0 Å². The molecule has 2 heterocycles. The fourth-order valence-corrected chi connectivity index (χ4v) is 5.93. The van der Waals surface area contributed by atoms with Crippen molar-refractivity contribution in [3.63, 3.8) is 0 Å². The first-order chi connectivity index (χ1) is 10.8. The second-order valence-corrected chi connectivity index (χ2v) is 9.56. The van der Waals surface area contributed by atoms with E-state index < -0.39 is 0 Å². The van der Waals surface area contributed by atoms with E-state index in [1.54, 1.807) is 7.11 Å². The number of ether oxygens (including phenoxy) is 1. The normalized spacial score (nSPS) is 11.9. The zero-order chi connectivity index (χ0) is 15.1. The molecule has 0 unspecified atom stereocenters. The Hall–Kier alpha value is -0.690. The molecular formula is C18H15IOS2. The minimum absolute atomic E-state index is 0.836. The summed E-state index contributed by atoms with van der Waals surface area (Å²) in [5.74, 6) is 0. The first-order valence-corrected chi connectivity index (χ1v) is 9.99. The fourth-order valence-electron chi connectivity index (χ4n) is 2.98. The van der Waals surface area contributed by atoms with Gasteiger partial charge in [-0.25, -0.2) is 0 Å². The Morgan fingerprint density at radius 1 is 0.909 bits per heavy atom. The Labute approximate surface area is 151 Å². The quantitative estimate of drug-likeness (QED) is 0.263. The molecule has 22 heavy (non-hydrogen) atoms. The van der Waals surface area contributed by atoms with Gasteiger partial charge in [-0.1, -0.05) is 12.1 Å². The lowest BCUT2D eigenvalue weighted by atomic mass is 10.0. The third kappa shape index (κ3) is 2.56. The van der Waals surface area contributed by atoms with Gasteiger partial charge in [0.15, 0.2) is 0 Å².